The average molecular weight is 399 g/mol. The van der Waals surface area contributed by atoms with Crippen LogP contribution in [0.3, 0.4) is 0 Å². The van der Waals surface area contributed by atoms with Crippen molar-refractivity contribution in [1.29, 1.82) is 0 Å². The molecule has 0 aliphatic carbocycles. The molecule has 142 valence electrons. The Kier molecular flexibility index (Phi) is 6.18. The molecule has 0 saturated heterocycles. The predicted octanol–water partition coefficient (Wildman–Crippen LogP) is 3.54. The number of benzene rings is 2. The molecule has 4 nitrogen and oxygen atoms in total. The minimum absolute atomic E-state index is 0.449. The molecule has 0 atom stereocenters. The topological polar surface area (TPSA) is 38.1 Å². The van der Waals surface area contributed by atoms with Crippen LogP contribution in [0.15, 0.2) is 41.2 Å². The monoisotopic (exact) mass is 399 g/mol. The first-order chi connectivity index (χ1) is 13.8. The molecule has 0 amide bonds. The van der Waals surface area contributed by atoms with Gasteiger partial charge in [-0.1, -0.05) is 48.9 Å². The zero-order valence-corrected chi connectivity index (χ0v) is 17.7. The predicted molar refractivity (Wildman–Crippen MR) is 124 cm³/mol. The van der Waals surface area contributed by atoms with E-state index < -0.39 is 10.9 Å². The van der Waals surface area contributed by atoms with Gasteiger partial charge >= 0.3 is 5.69 Å². The Bertz CT molecular complexity index is 1110. The van der Waals surface area contributed by atoms with Crippen LogP contribution in [0.2, 0.25) is 5.02 Å². The second-order valence-electron chi connectivity index (χ2n) is 6.90. The van der Waals surface area contributed by atoms with E-state index in [1.807, 2.05) is 30.9 Å². The molecule has 1 aliphatic rings. The Balaban J connectivity index is 0.00000117. The first kappa shape index (κ1) is 21.6. The maximum atomic E-state index is 12.8. The van der Waals surface area contributed by atoms with Gasteiger partial charge in [-0.05, 0) is 49.1 Å². The zero-order chi connectivity index (χ0) is 21.3. The lowest BCUT2D eigenvalue weighted by atomic mass is 9.49. The third kappa shape index (κ3) is 3.85. The molecule has 4 rings (SSSR count). The SMILES string of the molecule is CC.[B]C([B])([B])n1c(=O)nc(N2CCCc3c(C)cccc32)c2c(Cl)cccc21. The van der Waals surface area contributed by atoms with Crippen LogP contribution in [0.25, 0.3) is 10.9 Å². The standard InChI is InChI=1S/C19H15B3ClN3O.C2H6/c1-11-5-2-8-14-12(11)6-4-10-25(14)17-16-13(23)7-3-9-15(16)26(18(27)24-17)19(20,21)22;1-2/h2-3,5,7-9H,4,6,10H2,1H3;1-2H3. The second kappa shape index (κ2) is 8.31. The molecule has 1 aliphatic heterocycles. The summed E-state index contributed by atoms with van der Waals surface area (Å²) in [6.45, 7) is 6.82. The van der Waals surface area contributed by atoms with Gasteiger partial charge in [-0.25, -0.2) is 4.79 Å². The Morgan fingerprint density at radius 3 is 2.48 bits per heavy atom. The smallest absolute Gasteiger partial charge is 0.325 e. The van der Waals surface area contributed by atoms with Crippen molar-refractivity contribution >= 4 is 57.5 Å². The van der Waals surface area contributed by atoms with Crippen molar-refractivity contribution in [3.63, 3.8) is 0 Å². The number of halogens is 1. The number of anilines is 2. The summed E-state index contributed by atoms with van der Waals surface area (Å²) in [6, 6.07) is 11.3. The highest BCUT2D eigenvalue weighted by Gasteiger charge is 2.26. The van der Waals surface area contributed by atoms with Gasteiger partial charge in [-0.15, -0.1) is 0 Å². The molecule has 3 aromatic rings. The highest BCUT2D eigenvalue weighted by molar-refractivity contribution is 6.56. The molecular formula is C21H21B3ClN3O. The quantitative estimate of drug-likeness (QED) is 0.619. The second-order valence-corrected chi connectivity index (χ2v) is 7.31. The van der Waals surface area contributed by atoms with Gasteiger partial charge in [0.05, 0.1) is 39.5 Å². The van der Waals surface area contributed by atoms with E-state index in [-0.39, 0.29) is 0 Å². The molecule has 2 heterocycles. The van der Waals surface area contributed by atoms with Crippen molar-refractivity contribution in [2.24, 2.45) is 0 Å². The van der Waals surface area contributed by atoms with E-state index in [0.717, 1.165) is 29.6 Å². The highest BCUT2D eigenvalue weighted by atomic mass is 35.5. The molecule has 8 heteroatoms. The van der Waals surface area contributed by atoms with Crippen LogP contribution in [0.1, 0.15) is 31.4 Å². The molecule has 2 aromatic carbocycles. The van der Waals surface area contributed by atoms with Gasteiger partial charge in [0.25, 0.3) is 0 Å². The largest absolute Gasteiger partial charge is 0.348 e. The van der Waals surface area contributed by atoms with E-state index >= 15 is 0 Å². The fourth-order valence-electron chi connectivity index (χ4n) is 3.81. The molecule has 6 radical (unpaired) electrons. The molecule has 0 unspecified atom stereocenters. The van der Waals surface area contributed by atoms with Crippen LogP contribution in [0.4, 0.5) is 11.5 Å². The van der Waals surface area contributed by atoms with Gasteiger partial charge in [-0.2, -0.15) is 4.98 Å². The van der Waals surface area contributed by atoms with Crippen molar-refractivity contribution in [3.05, 3.63) is 63.0 Å². The lowest BCUT2D eigenvalue weighted by Gasteiger charge is -2.33. The molecule has 29 heavy (non-hydrogen) atoms. The van der Waals surface area contributed by atoms with Gasteiger partial charge in [0.2, 0.25) is 0 Å². The van der Waals surface area contributed by atoms with E-state index in [9.17, 15) is 4.79 Å². The third-order valence-electron chi connectivity index (χ3n) is 4.98. The molecule has 0 bridgehead atoms. The molecule has 0 fully saturated rings. The number of hydrogen-bond donors (Lipinski definition) is 0. The maximum Gasteiger partial charge on any atom is 0.348 e. The van der Waals surface area contributed by atoms with Crippen LogP contribution in [-0.2, 0) is 11.7 Å². The summed E-state index contributed by atoms with van der Waals surface area (Å²) in [6.07, 6.45) is 1.93. The number of aryl methyl sites for hydroxylation is 1. The number of aromatic nitrogens is 2. The Hall–Kier alpha value is -2.14. The Morgan fingerprint density at radius 2 is 1.79 bits per heavy atom. The van der Waals surface area contributed by atoms with Crippen LogP contribution in [0.5, 0.6) is 0 Å². The lowest BCUT2D eigenvalue weighted by Crippen LogP contribution is -2.44. The van der Waals surface area contributed by atoms with Crippen molar-refractivity contribution in [2.75, 3.05) is 11.4 Å². The first-order valence-electron chi connectivity index (χ1n) is 9.73. The van der Waals surface area contributed by atoms with Crippen LogP contribution >= 0.6 is 11.6 Å². The normalized spacial score (nSPS) is 13.6. The van der Waals surface area contributed by atoms with Gasteiger partial charge < -0.3 is 9.47 Å². The van der Waals surface area contributed by atoms with Crippen molar-refractivity contribution < 1.29 is 0 Å². The highest BCUT2D eigenvalue weighted by Crippen LogP contribution is 2.39. The number of rotatable bonds is 2. The van der Waals surface area contributed by atoms with Crippen molar-refractivity contribution in [1.82, 2.24) is 9.55 Å². The van der Waals surface area contributed by atoms with E-state index in [2.05, 4.69) is 18.0 Å². The molecule has 0 spiro atoms. The van der Waals surface area contributed by atoms with E-state index in [1.165, 1.54) is 11.1 Å². The van der Waals surface area contributed by atoms with Gasteiger partial charge in [0.15, 0.2) is 0 Å². The fraction of sp³-hybridized carbons (Fsp3) is 0.333. The molecular weight excluding hydrogens is 378 g/mol. The summed E-state index contributed by atoms with van der Waals surface area (Å²) in [5, 5.41) is -0.839. The third-order valence-corrected chi connectivity index (χ3v) is 5.29. The summed E-state index contributed by atoms with van der Waals surface area (Å²) in [5.41, 5.74) is 3.33. The average Bonchev–Trinajstić information content (AvgIpc) is 2.68. The minimum Gasteiger partial charge on any atom is -0.325 e. The summed E-state index contributed by atoms with van der Waals surface area (Å²) >= 11 is 6.51. The number of nitrogens with zero attached hydrogens (tertiary/aromatic N) is 3. The van der Waals surface area contributed by atoms with Crippen LogP contribution in [0, 0.1) is 6.92 Å². The van der Waals surface area contributed by atoms with E-state index in [4.69, 9.17) is 35.1 Å². The first-order valence-corrected chi connectivity index (χ1v) is 10.1. The molecule has 0 saturated carbocycles. The van der Waals surface area contributed by atoms with Crippen molar-refractivity contribution in [3.8, 4) is 0 Å². The Morgan fingerprint density at radius 1 is 1.10 bits per heavy atom. The Labute approximate surface area is 180 Å². The van der Waals surface area contributed by atoms with Gasteiger partial charge in [-0.3, -0.25) is 0 Å². The zero-order valence-electron chi connectivity index (χ0n) is 16.9. The summed E-state index contributed by atoms with van der Waals surface area (Å²) in [5.74, 6) is 0.493. The lowest BCUT2D eigenvalue weighted by molar-refractivity contribution is 0.726. The molecule has 1 aromatic heterocycles. The van der Waals surface area contributed by atoms with Gasteiger partial charge in [0.1, 0.15) is 5.82 Å². The summed E-state index contributed by atoms with van der Waals surface area (Å²) in [7, 11) is 17.5. The van der Waals surface area contributed by atoms with Crippen LogP contribution < -0.4 is 10.6 Å². The molecule has 0 N–H and O–H groups in total. The fourth-order valence-corrected chi connectivity index (χ4v) is 4.06. The maximum absolute atomic E-state index is 12.8. The number of fused-ring (bicyclic) bond motifs is 2. The summed E-state index contributed by atoms with van der Waals surface area (Å²) in [4.78, 5) is 19.1. The van der Waals surface area contributed by atoms with Crippen molar-refractivity contribution in [2.45, 2.75) is 38.8 Å². The van der Waals surface area contributed by atoms with E-state index in [1.54, 1.807) is 18.2 Å². The number of hydrogen-bond acceptors (Lipinski definition) is 3. The summed E-state index contributed by atoms with van der Waals surface area (Å²) < 4.78 is 1.07. The van der Waals surface area contributed by atoms with E-state index in [0.29, 0.717) is 21.7 Å². The van der Waals surface area contributed by atoms with Crippen LogP contribution in [-0.4, -0.2) is 39.6 Å². The minimum atomic E-state index is -1.89. The van der Waals surface area contributed by atoms with Gasteiger partial charge in [0, 0.05) is 12.2 Å².